The zero-order valence-electron chi connectivity index (χ0n) is 16.8. The lowest BCUT2D eigenvalue weighted by atomic mass is 9.95. The number of rotatable bonds is 2. The zero-order valence-corrected chi connectivity index (χ0v) is 16.8. The van der Waals surface area contributed by atoms with Crippen molar-refractivity contribution in [3.05, 3.63) is 112 Å². The number of hydrogen-bond acceptors (Lipinski definition) is 1. The highest BCUT2D eigenvalue weighted by Gasteiger charge is 2.30. The van der Waals surface area contributed by atoms with Gasteiger partial charge in [0.15, 0.2) is 0 Å². The lowest BCUT2D eigenvalue weighted by molar-refractivity contribution is 0.956. The average molecular weight is 373 g/mol. The van der Waals surface area contributed by atoms with Crippen LogP contribution in [0.2, 0.25) is 0 Å². The Balaban J connectivity index is 1.43. The Bertz CT molecular complexity index is 1280. The van der Waals surface area contributed by atoms with Crippen molar-refractivity contribution in [3.8, 4) is 22.3 Å². The Morgan fingerprint density at radius 1 is 0.690 bits per heavy atom. The molecule has 0 fully saturated rings. The van der Waals surface area contributed by atoms with Gasteiger partial charge in [-0.25, -0.2) is 0 Å². The van der Waals surface area contributed by atoms with Crippen LogP contribution in [-0.2, 0) is 6.42 Å². The van der Waals surface area contributed by atoms with Crippen molar-refractivity contribution in [1.82, 2.24) is 0 Å². The van der Waals surface area contributed by atoms with Crippen LogP contribution < -0.4 is 5.32 Å². The highest BCUT2D eigenvalue weighted by molar-refractivity contribution is 5.83. The highest BCUT2D eigenvalue weighted by Crippen LogP contribution is 2.47. The first kappa shape index (κ1) is 16.6. The molecule has 1 N–H and O–H groups in total. The van der Waals surface area contributed by atoms with Crippen molar-refractivity contribution in [3.63, 3.8) is 0 Å². The summed E-state index contributed by atoms with van der Waals surface area (Å²) in [7, 11) is 0. The first-order chi connectivity index (χ1) is 14.2. The van der Waals surface area contributed by atoms with Crippen molar-refractivity contribution >= 4 is 5.69 Å². The normalized spacial score (nSPS) is 15.4. The van der Waals surface area contributed by atoms with Crippen LogP contribution in [0.15, 0.2) is 78.9 Å². The van der Waals surface area contributed by atoms with Gasteiger partial charge in [0, 0.05) is 5.69 Å². The molecule has 4 aromatic rings. The molecular weight excluding hydrogens is 350 g/mol. The van der Waals surface area contributed by atoms with Crippen LogP contribution >= 0.6 is 0 Å². The fourth-order valence-corrected chi connectivity index (χ4v) is 5.15. The second-order valence-corrected chi connectivity index (χ2v) is 8.34. The molecule has 0 saturated carbocycles. The molecule has 1 nitrogen and oxygen atoms in total. The van der Waals surface area contributed by atoms with Crippen LogP contribution in [-0.4, -0.2) is 0 Å². The molecule has 4 aromatic carbocycles. The third-order valence-electron chi connectivity index (χ3n) is 6.74. The summed E-state index contributed by atoms with van der Waals surface area (Å²) in [5.41, 5.74) is 15.1. The minimum Gasteiger partial charge on any atom is -0.374 e. The number of anilines is 1. The van der Waals surface area contributed by atoms with Gasteiger partial charge >= 0.3 is 0 Å². The van der Waals surface area contributed by atoms with E-state index in [1.165, 1.54) is 61.3 Å². The summed E-state index contributed by atoms with van der Waals surface area (Å²) in [6.07, 6.45) is 1.02. The van der Waals surface area contributed by atoms with Gasteiger partial charge < -0.3 is 5.32 Å². The Hall–Kier alpha value is -3.32. The predicted octanol–water partition coefficient (Wildman–Crippen LogP) is 7.06. The zero-order chi connectivity index (χ0) is 19.5. The predicted molar refractivity (Wildman–Crippen MR) is 122 cm³/mol. The molecule has 0 aromatic heterocycles. The fraction of sp³-hybridized carbons (Fsp3) is 0.143. The van der Waals surface area contributed by atoms with Crippen LogP contribution in [0.4, 0.5) is 5.69 Å². The van der Waals surface area contributed by atoms with E-state index in [4.69, 9.17) is 0 Å². The van der Waals surface area contributed by atoms with Crippen LogP contribution in [0.5, 0.6) is 0 Å². The van der Waals surface area contributed by atoms with Gasteiger partial charge in [-0.15, -0.1) is 0 Å². The summed E-state index contributed by atoms with van der Waals surface area (Å²) < 4.78 is 0. The molecule has 1 unspecified atom stereocenters. The van der Waals surface area contributed by atoms with E-state index in [2.05, 4.69) is 98.0 Å². The van der Waals surface area contributed by atoms with E-state index < -0.39 is 0 Å². The second-order valence-electron chi connectivity index (χ2n) is 8.34. The van der Waals surface area contributed by atoms with Gasteiger partial charge in [-0.05, 0) is 88.0 Å². The Kier molecular flexibility index (Phi) is 3.49. The van der Waals surface area contributed by atoms with Gasteiger partial charge in [-0.3, -0.25) is 0 Å². The number of aryl methyl sites for hydroxylation is 1. The van der Waals surface area contributed by atoms with Crippen LogP contribution in [0.1, 0.15) is 39.4 Å². The SMILES string of the molecule is Cc1ccc2c(c1C)C(Nc1ccc3c(c1)Cc1ccccc1-3)c1ccccc1-2. The van der Waals surface area contributed by atoms with Gasteiger partial charge in [0.25, 0.3) is 0 Å². The smallest absolute Gasteiger partial charge is 0.0782 e. The lowest BCUT2D eigenvalue weighted by Gasteiger charge is -2.20. The molecular formula is C28H23N. The second kappa shape index (κ2) is 6.09. The molecule has 1 atom stereocenters. The molecule has 0 radical (unpaired) electrons. The average Bonchev–Trinajstić information content (AvgIpc) is 3.27. The minimum atomic E-state index is 0.197. The van der Waals surface area contributed by atoms with E-state index in [1.807, 2.05) is 0 Å². The Morgan fingerprint density at radius 3 is 2.31 bits per heavy atom. The van der Waals surface area contributed by atoms with Crippen molar-refractivity contribution < 1.29 is 0 Å². The van der Waals surface area contributed by atoms with Gasteiger partial charge in [0.1, 0.15) is 0 Å². The first-order valence-electron chi connectivity index (χ1n) is 10.4. The van der Waals surface area contributed by atoms with E-state index in [0.29, 0.717) is 0 Å². The van der Waals surface area contributed by atoms with Gasteiger partial charge in [0.05, 0.1) is 6.04 Å². The monoisotopic (exact) mass is 373 g/mol. The van der Waals surface area contributed by atoms with E-state index >= 15 is 0 Å². The van der Waals surface area contributed by atoms with Crippen LogP contribution in [0.3, 0.4) is 0 Å². The largest absolute Gasteiger partial charge is 0.374 e. The number of nitrogens with one attached hydrogen (secondary N) is 1. The van der Waals surface area contributed by atoms with Gasteiger partial charge in [-0.2, -0.15) is 0 Å². The molecule has 2 aliphatic carbocycles. The molecule has 0 aliphatic heterocycles. The summed E-state index contributed by atoms with van der Waals surface area (Å²) in [6, 6.07) is 29.2. The summed E-state index contributed by atoms with van der Waals surface area (Å²) in [4.78, 5) is 0. The number of hydrogen-bond donors (Lipinski definition) is 1. The van der Waals surface area contributed by atoms with Crippen LogP contribution in [0.25, 0.3) is 22.3 Å². The molecule has 0 spiro atoms. The van der Waals surface area contributed by atoms with E-state index in [1.54, 1.807) is 0 Å². The molecule has 0 amide bonds. The van der Waals surface area contributed by atoms with Crippen molar-refractivity contribution in [2.24, 2.45) is 0 Å². The van der Waals surface area contributed by atoms with Crippen molar-refractivity contribution in [2.45, 2.75) is 26.3 Å². The highest BCUT2D eigenvalue weighted by atomic mass is 14.9. The minimum absolute atomic E-state index is 0.197. The standard InChI is InChI=1S/C28H23N/c1-17-11-13-25-24-9-5-6-10-26(24)28(27(25)18(17)2)29-21-12-14-23-20(16-21)15-19-7-3-4-8-22(19)23/h3-14,16,28-29H,15H2,1-2H3. The molecule has 6 rings (SSSR count). The molecule has 140 valence electrons. The summed E-state index contributed by atoms with van der Waals surface area (Å²) in [5.74, 6) is 0. The summed E-state index contributed by atoms with van der Waals surface area (Å²) in [6.45, 7) is 4.47. The third-order valence-corrected chi connectivity index (χ3v) is 6.74. The van der Waals surface area contributed by atoms with E-state index in [-0.39, 0.29) is 6.04 Å². The molecule has 0 bridgehead atoms. The Morgan fingerprint density at radius 2 is 1.41 bits per heavy atom. The molecule has 0 heterocycles. The fourth-order valence-electron chi connectivity index (χ4n) is 5.15. The van der Waals surface area contributed by atoms with E-state index in [0.717, 1.165) is 6.42 Å². The third kappa shape index (κ3) is 2.40. The van der Waals surface area contributed by atoms with Crippen molar-refractivity contribution in [1.29, 1.82) is 0 Å². The maximum Gasteiger partial charge on any atom is 0.0782 e. The number of benzene rings is 4. The molecule has 2 aliphatic rings. The molecule has 1 heteroatoms. The maximum atomic E-state index is 3.88. The maximum absolute atomic E-state index is 3.88. The quantitative estimate of drug-likeness (QED) is 0.349. The topological polar surface area (TPSA) is 12.0 Å². The van der Waals surface area contributed by atoms with E-state index in [9.17, 15) is 0 Å². The lowest BCUT2D eigenvalue weighted by Crippen LogP contribution is -2.11. The summed E-state index contributed by atoms with van der Waals surface area (Å²) >= 11 is 0. The Labute approximate surface area is 172 Å². The molecule has 29 heavy (non-hydrogen) atoms. The summed E-state index contributed by atoms with van der Waals surface area (Å²) in [5, 5.41) is 3.88. The van der Waals surface area contributed by atoms with Gasteiger partial charge in [0.2, 0.25) is 0 Å². The first-order valence-corrected chi connectivity index (χ1v) is 10.4. The van der Waals surface area contributed by atoms with Crippen molar-refractivity contribution in [2.75, 3.05) is 5.32 Å². The molecule has 0 saturated heterocycles. The van der Waals surface area contributed by atoms with Gasteiger partial charge in [-0.1, -0.05) is 66.7 Å². The number of fused-ring (bicyclic) bond motifs is 6. The van der Waals surface area contributed by atoms with Crippen LogP contribution in [0, 0.1) is 13.8 Å².